The molecular formula is C26H21F4NO3. The molecule has 1 saturated heterocycles. The van der Waals surface area contributed by atoms with Gasteiger partial charge in [-0.1, -0.05) is 36.4 Å². The molecule has 8 heteroatoms. The van der Waals surface area contributed by atoms with Gasteiger partial charge in [-0.25, -0.2) is 9.18 Å². The maximum absolute atomic E-state index is 13.4. The van der Waals surface area contributed by atoms with Crippen molar-refractivity contribution in [3.05, 3.63) is 94.8 Å². The highest BCUT2D eigenvalue weighted by Crippen LogP contribution is 2.39. The molecular weight excluding hydrogens is 450 g/mol. The number of hydrogen-bond donors (Lipinski definition) is 1. The van der Waals surface area contributed by atoms with Gasteiger partial charge in [0.05, 0.1) is 16.7 Å². The van der Waals surface area contributed by atoms with E-state index in [1.165, 1.54) is 53.4 Å². The Bertz CT molecular complexity index is 1210. The van der Waals surface area contributed by atoms with E-state index in [4.69, 9.17) is 0 Å². The number of carboxylic acids is 1. The van der Waals surface area contributed by atoms with Gasteiger partial charge in [-0.15, -0.1) is 0 Å². The van der Waals surface area contributed by atoms with Crippen LogP contribution in [0.4, 0.5) is 17.6 Å². The summed E-state index contributed by atoms with van der Waals surface area (Å²) >= 11 is 0. The molecule has 1 aliphatic heterocycles. The van der Waals surface area contributed by atoms with Gasteiger partial charge in [0, 0.05) is 13.1 Å². The lowest BCUT2D eigenvalue weighted by Crippen LogP contribution is -2.38. The number of carbonyl (C=O) groups is 2. The molecule has 1 fully saturated rings. The van der Waals surface area contributed by atoms with Crippen molar-refractivity contribution in [2.24, 2.45) is 0 Å². The third-order valence-electron chi connectivity index (χ3n) is 6.15. The Kier molecular flexibility index (Phi) is 6.41. The summed E-state index contributed by atoms with van der Waals surface area (Å²) in [5.41, 5.74) is 0.508. The SMILES string of the molecule is O=C(O)c1cc(-c2ccc(F)cc2)ccc1C(=O)N1CCC(c2ccccc2C(F)(F)F)CC1. The molecule has 4 nitrogen and oxygen atoms in total. The van der Waals surface area contributed by atoms with Crippen LogP contribution in [0.3, 0.4) is 0 Å². The fourth-order valence-corrected chi connectivity index (χ4v) is 4.40. The number of likely N-dealkylation sites (tertiary alicyclic amines) is 1. The van der Waals surface area contributed by atoms with E-state index in [1.807, 2.05) is 0 Å². The van der Waals surface area contributed by atoms with Gasteiger partial charge in [-0.2, -0.15) is 13.2 Å². The van der Waals surface area contributed by atoms with Crippen LogP contribution in [0, 0.1) is 5.82 Å². The Balaban J connectivity index is 1.53. The molecule has 0 spiro atoms. The molecule has 0 unspecified atom stereocenters. The summed E-state index contributed by atoms with van der Waals surface area (Å²) in [5, 5.41) is 9.69. The molecule has 0 atom stereocenters. The number of benzene rings is 3. The molecule has 1 heterocycles. The van der Waals surface area contributed by atoms with E-state index in [9.17, 15) is 32.3 Å². The lowest BCUT2D eigenvalue weighted by molar-refractivity contribution is -0.138. The second kappa shape index (κ2) is 9.29. The number of amides is 1. The van der Waals surface area contributed by atoms with Gasteiger partial charge in [0.15, 0.2) is 0 Å². The molecule has 1 aliphatic rings. The van der Waals surface area contributed by atoms with E-state index in [2.05, 4.69) is 0 Å². The molecule has 0 saturated carbocycles. The van der Waals surface area contributed by atoms with Crippen LogP contribution < -0.4 is 0 Å². The van der Waals surface area contributed by atoms with Crippen molar-refractivity contribution in [3.63, 3.8) is 0 Å². The summed E-state index contributed by atoms with van der Waals surface area (Å²) in [4.78, 5) is 26.5. The smallest absolute Gasteiger partial charge is 0.416 e. The van der Waals surface area contributed by atoms with Gasteiger partial charge in [-0.05, 0) is 65.8 Å². The fourth-order valence-electron chi connectivity index (χ4n) is 4.40. The summed E-state index contributed by atoms with van der Waals surface area (Å²) in [6, 6.07) is 15.4. The number of alkyl halides is 3. The van der Waals surface area contributed by atoms with Crippen LogP contribution in [0.1, 0.15) is 50.6 Å². The van der Waals surface area contributed by atoms with Crippen LogP contribution in [0.2, 0.25) is 0 Å². The van der Waals surface area contributed by atoms with E-state index < -0.39 is 29.4 Å². The van der Waals surface area contributed by atoms with Crippen molar-refractivity contribution in [3.8, 4) is 11.1 Å². The van der Waals surface area contributed by atoms with Crippen molar-refractivity contribution in [1.82, 2.24) is 4.90 Å². The van der Waals surface area contributed by atoms with E-state index in [0.29, 0.717) is 24.0 Å². The predicted octanol–water partition coefficient (Wildman–Crippen LogP) is 6.23. The minimum absolute atomic E-state index is 0.00695. The zero-order valence-electron chi connectivity index (χ0n) is 18.0. The molecule has 34 heavy (non-hydrogen) atoms. The first-order valence-electron chi connectivity index (χ1n) is 10.7. The largest absolute Gasteiger partial charge is 0.478 e. The number of halogens is 4. The highest BCUT2D eigenvalue weighted by molar-refractivity contribution is 6.05. The van der Waals surface area contributed by atoms with Gasteiger partial charge in [0.1, 0.15) is 5.82 Å². The molecule has 0 aliphatic carbocycles. The number of hydrogen-bond acceptors (Lipinski definition) is 2. The van der Waals surface area contributed by atoms with Crippen LogP contribution in [0.25, 0.3) is 11.1 Å². The molecule has 0 aromatic heterocycles. The highest BCUT2D eigenvalue weighted by Gasteiger charge is 2.36. The monoisotopic (exact) mass is 471 g/mol. The van der Waals surface area contributed by atoms with Gasteiger partial charge in [-0.3, -0.25) is 4.79 Å². The quantitative estimate of drug-likeness (QED) is 0.459. The van der Waals surface area contributed by atoms with E-state index >= 15 is 0 Å². The molecule has 4 rings (SSSR count). The topological polar surface area (TPSA) is 57.6 Å². The Morgan fingerprint density at radius 3 is 2.09 bits per heavy atom. The molecule has 1 N–H and O–H groups in total. The third kappa shape index (κ3) is 4.81. The van der Waals surface area contributed by atoms with Crippen LogP contribution >= 0.6 is 0 Å². The second-order valence-corrected chi connectivity index (χ2v) is 8.22. The first-order valence-corrected chi connectivity index (χ1v) is 10.7. The molecule has 176 valence electrons. The standard InChI is InChI=1S/C26H21F4NO3/c27-19-8-5-16(6-9-19)18-7-10-21(22(15-18)25(33)34)24(32)31-13-11-17(12-14-31)20-3-1-2-4-23(20)26(28,29)30/h1-10,15,17H,11-14H2,(H,33,34). The maximum Gasteiger partial charge on any atom is 0.416 e. The third-order valence-corrected chi connectivity index (χ3v) is 6.15. The van der Waals surface area contributed by atoms with E-state index in [-0.39, 0.29) is 35.7 Å². The van der Waals surface area contributed by atoms with Crippen LogP contribution in [0.5, 0.6) is 0 Å². The Labute approximate surface area is 193 Å². The summed E-state index contributed by atoms with van der Waals surface area (Å²) in [7, 11) is 0. The van der Waals surface area contributed by atoms with Gasteiger partial charge >= 0.3 is 12.1 Å². The molecule has 0 radical (unpaired) electrons. The van der Waals surface area contributed by atoms with Crippen molar-refractivity contribution >= 4 is 11.9 Å². The van der Waals surface area contributed by atoms with Gasteiger partial charge < -0.3 is 10.0 Å². The first kappa shape index (κ1) is 23.5. The molecule has 0 bridgehead atoms. The van der Waals surface area contributed by atoms with Crippen molar-refractivity contribution in [2.75, 3.05) is 13.1 Å². The maximum atomic E-state index is 13.4. The lowest BCUT2D eigenvalue weighted by Gasteiger charge is -2.33. The van der Waals surface area contributed by atoms with Gasteiger partial charge in [0.25, 0.3) is 5.91 Å². The Morgan fingerprint density at radius 1 is 0.853 bits per heavy atom. The number of carboxylic acid groups (broad SMARTS) is 1. The normalized spacial score (nSPS) is 14.8. The average Bonchev–Trinajstić information content (AvgIpc) is 2.83. The van der Waals surface area contributed by atoms with E-state index in [1.54, 1.807) is 12.1 Å². The van der Waals surface area contributed by atoms with Crippen molar-refractivity contribution < 1.29 is 32.3 Å². The molecule has 3 aromatic rings. The van der Waals surface area contributed by atoms with Gasteiger partial charge in [0.2, 0.25) is 0 Å². The van der Waals surface area contributed by atoms with E-state index in [0.717, 1.165) is 6.07 Å². The molecule has 3 aromatic carbocycles. The van der Waals surface area contributed by atoms with Crippen LogP contribution in [-0.4, -0.2) is 35.0 Å². The zero-order valence-corrected chi connectivity index (χ0v) is 18.0. The number of piperidine rings is 1. The zero-order chi connectivity index (χ0) is 24.5. The van der Waals surface area contributed by atoms with Crippen molar-refractivity contribution in [2.45, 2.75) is 24.9 Å². The average molecular weight is 471 g/mol. The highest BCUT2D eigenvalue weighted by atomic mass is 19.4. The molecule has 1 amide bonds. The van der Waals surface area contributed by atoms with Crippen molar-refractivity contribution in [1.29, 1.82) is 0 Å². The predicted molar refractivity (Wildman–Crippen MR) is 118 cm³/mol. The number of carbonyl (C=O) groups excluding carboxylic acids is 1. The minimum Gasteiger partial charge on any atom is -0.478 e. The fraction of sp³-hybridized carbons (Fsp3) is 0.231. The van der Waals surface area contributed by atoms with Crippen LogP contribution in [0.15, 0.2) is 66.7 Å². The Hall–Kier alpha value is -3.68. The minimum atomic E-state index is -4.45. The van der Waals surface area contributed by atoms with Crippen LogP contribution in [-0.2, 0) is 6.18 Å². The second-order valence-electron chi connectivity index (χ2n) is 8.22. The summed E-state index contributed by atoms with van der Waals surface area (Å²) in [5.74, 6) is -2.52. The number of nitrogens with zero attached hydrogens (tertiary/aromatic N) is 1. The lowest BCUT2D eigenvalue weighted by atomic mass is 9.86. The summed E-state index contributed by atoms with van der Waals surface area (Å²) in [6.45, 7) is 0.433. The summed E-state index contributed by atoms with van der Waals surface area (Å²) in [6.07, 6.45) is -3.77. The first-order chi connectivity index (χ1) is 16.1. The summed E-state index contributed by atoms with van der Waals surface area (Å²) < 4.78 is 53.4. The Morgan fingerprint density at radius 2 is 1.47 bits per heavy atom. The number of rotatable bonds is 4. The number of aromatic carboxylic acids is 1.